The van der Waals surface area contributed by atoms with Crippen LogP contribution in [0.25, 0.3) is 0 Å². The molecule has 0 amide bonds. The Balaban J connectivity index is 2.18. The van der Waals surface area contributed by atoms with E-state index in [2.05, 4.69) is 20.2 Å². The molecule has 1 aromatic rings. The summed E-state index contributed by atoms with van der Waals surface area (Å²) in [6.07, 6.45) is 1.56. The van der Waals surface area contributed by atoms with Crippen LogP contribution in [0.2, 0.25) is 0 Å². The molecule has 2 rings (SSSR count). The lowest BCUT2D eigenvalue weighted by Gasteiger charge is -2.27. The molecule has 0 unspecified atom stereocenters. The molecular weight excluding hydrogens is 180 g/mol. The van der Waals surface area contributed by atoms with E-state index in [1.165, 1.54) is 0 Å². The van der Waals surface area contributed by atoms with Crippen LogP contribution in [0.3, 0.4) is 0 Å². The molecule has 6 nitrogen and oxygen atoms in total. The highest BCUT2D eigenvalue weighted by atomic mass is 15.3. The Kier molecular flexibility index (Phi) is 2.36. The predicted octanol–water partition coefficient (Wildman–Crippen LogP) is -0.949. The monoisotopic (exact) mass is 194 g/mol. The minimum atomic E-state index is 0.355. The maximum atomic E-state index is 5.61. The van der Waals surface area contributed by atoms with E-state index in [1.807, 2.05) is 0 Å². The summed E-state index contributed by atoms with van der Waals surface area (Å²) in [6, 6.07) is 0. The summed E-state index contributed by atoms with van der Waals surface area (Å²) in [4.78, 5) is 10.4. The number of piperazine rings is 1. The zero-order chi connectivity index (χ0) is 9.97. The van der Waals surface area contributed by atoms with Crippen molar-refractivity contribution in [3.63, 3.8) is 0 Å². The van der Waals surface area contributed by atoms with Crippen molar-refractivity contribution in [1.82, 2.24) is 15.3 Å². The van der Waals surface area contributed by atoms with Gasteiger partial charge >= 0.3 is 0 Å². The third-order valence-corrected chi connectivity index (χ3v) is 2.24. The smallest absolute Gasteiger partial charge is 0.227 e. The first-order chi connectivity index (χ1) is 6.77. The van der Waals surface area contributed by atoms with Crippen LogP contribution in [0.5, 0.6) is 0 Å². The summed E-state index contributed by atoms with van der Waals surface area (Å²) in [7, 11) is 0. The molecule has 0 aliphatic carbocycles. The van der Waals surface area contributed by atoms with Crippen molar-refractivity contribution in [2.45, 2.75) is 0 Å². The van der Waals surface area contributed by atoms with Gasteiger partial charge in [0.1, 0.15) is 0 Å². The Labute approximate surface area is 82.3 Å². The molecule has 0 atom stereocenters. The molecule has 0 bridgehead atoms. The molecule has 5 N–H and O–H groups in total. The maximum Gasteiger partial charge on any atom is 0.227 e. The lowest BCUT2D eigenvalue weighted by molar-refractivity contribution is 0.580. The average Bonchev–Trinajstić information content (AvgIpc) is 2.23. The Morgan fingerprint density at radius 2 is 2.00 bits per heavy atom. The van der Waals surface area contributed by atoms with E-state index in [4.69, 9.17) is 11.5 Å². The van der Waals surface area contributed by atoms with Gasteiger partial charge in [0.2, 0.25) is 5.95 Å². The summed E-state index contributed by atoms with van der Waals surface area (Å²) in [5.74, 6) is 1.02. The van der Waals surface area contributed by atoms with Gasteiger partial charge in [0.05, 0.1) is 11.9 Å². The van der Waals surface area contributed by atoms with E-state index in [0.29, 0.717) is 17.5 Å². The van der Waals surface area contributed by atoms with Crippen LogP contribution in [0, 0.1) is 0 Å². The molecule has 1 aliphatic heterocycles. The summed E-state index contributed by atoms with van der Waals surface area (Å²) in [6.45, 7) is 3.72. The number of nitrogens with two attached hydrogens (primary N) is 2. The normalized spacial score (nSPS) is 17.0. The molecule has 2 heterocycles. The van der Waals surface area contributed by atoms with Gasteiger partial charge in [-0.25, -0.2) is 4.98 Å². The van der Waals surface area contributed by atoms with Gasteiger partial charge in [-0.3, -0.25) is 0 Å². The van der Waals surface area contributed by atoms with Crippen LogP contribution in [0.4, 0.5) is 17.5 Å². The molecule has 76 valence electrons. The van der Waals surface area contributed by atoms with Crippen LogP contribution in [0.1, 0.15) is 0 Å². The molecule has 1 fully saturated rings. The first-order valence-electron chi connectivity index (χ1n) is 4.61. The summed E-state index contributed by atoms with van der Waals surface area (Å²) in [5.41, 5.74) is 11.6. The zero-order valence-corrected chi connectivity index (χ0v) is 7.90. The largest absolute Gasteiger partial charge is 0.394 e. The zero-order valence-electron chi connectivity index (χ0n) is 7.90. The van der Waals surface area contributed by atoms with Crippen LogP contribution in [-0.2, 0) is 0 Å². The van der Waals surface area contributed by atoms with Crippen molar-refractivity contribution in [1.29, 1.82) is 0 Å². The number of anilines is 3. The van der Waals surface area contributed by atoms with Crippen LogP contribution in [-0.4, -0.2) is 36.1 Å². The van der Waals surface area contributed by atoms with Crippen molar-refractivity contribution in [2.24, 2.45) is 0 Å². The second-order valence-corrected chi connectivity index (χ2v) is 3.25. The maximum absolute atomic E-state index is 5.61. The fourth-order valence-electron chi connectivity index (χ4n) is 1.41. The van der Waals surface area contributed by atoms with Crippen molar-refractivity contribution in [3.05, 3.63) is 6.20 Å². The predicted molar refractivity (Wildman–Crippen MR) is 55.9 cm³/mol. The second kappa shape index (κ2) is 3.67. The number of nitrogens with one attached hydrogen (secondary N) is 1. The van der Waals surface area contributed by atoms with Gasteiger partial charge in [-0.2, -0.15) is 4.98 Å². The fourth-order valence-corrected chi connectivity index (χ4v) is 1.41. The lowest BCUT2D eigenvalue weighted by Crippen LogP contribution is -2.44. The van der Waals surface area contributed by atoms with Gasteiger partial charge in [0.25, 0.3) is 0 Å². The molecule has 0 aromatic carbocycles. The van der Waals surface area contributed by atoms with Crippen molar-refractivity contribution in [3.8, 4) is 0 Å². The third-order valence-electron chi connectivity index (χ3n) is 2.24. The first kappa shape index (κ1) is 9.01. The van der Waals surface area contributed by atoms with Gasteiger partial charge in [-0.1, -0.05) is 0 Å². The third kappa shape index (κ3) is 1.69. The Bertz CT molecular complexity index is 320. The standard InChI is InChI=1S/C8H14N6/c9-6-5-12-8(13-7(6)10)14-3-1-11-2-4-14/h5,11H,1-4,9H2,(H2,10,12,13). The minimum Gasteiger partial charge on any atom is -0.394 e. The summed E-state index contributed by atoms with van der Waals surface area (Å²) >= 11 is 0. The lowest BCUT2D eigenvalue weighted by atomic mass is 10.4. The molecule has 1 aliphatic rings. The highest BCUT2D eigenvalue weighted by molar-refractivity contribution is 5.58. The second-order valence-electron chi connectivity index (χ2n) is 3.25. The molecule has 0 saturated carbocycles. The molecule has 1 aromatic heterocycles. The number of nitrogen functional groups attached to an aromatic ring is 2. The highest BCUT2D eigenvalue weighted by Crippen LogP contribution is 2.14. The molecular formula is C8H14N6. The van der Waals surface area contributed by atoms with Crippen molar-refractivity contribution >= 4 is 17.5 Å². The Morgan fingerprint density at radius 1 is 1.29 bits per heavy atom. The van der Waals surface area contributed by atoms with Crippen LogP contribution < -0.4 is 21.7 Å². The van der Waals surface area contributed by atoms with E-state index >= 15 is 0 Å². The molecule has 6 heteroatoms. The SMILES string of the molecule is Nc1cnc(N2CCNCC2)nc1N. The van der Waals surface area contributed by atoms with E-state index < -0.39 is 0 Å². The van der Waals surface area contributed by atoms with E-state index in [1.54, 1.807) is 6.20 Å². The van der Waals surface area contributed by atoms with E-state index in [0.717, 1.165) is 26.2 Å². The number of nitrogens with zero attached hydrogens (tertiary/aromatic N) is 3. The van der Waals surface area contributed by atoms with Crippen molar-refractivity contribution < 1.29 is 0 Å². The summed E-state index contributed by atoms with van der Waals surface area (Å²) < 4.78 is 0. The number of hydrogen-bond acceptors (Lipinski definition) is 6. The Hall–Kier alpha value is -1.56. The van der Waals surface area contributed by atoms with Gasteiger partial charge in [-0.05, 0) is 0 Å². The number of rotatable bonds is 1. The molecule has 0 radical (unpaired) electrons. The van der Waals surface area contributed by atoms with Crippen LogP contribution >= 0.6 is 0 Å². The topological polar surface area (TPSA) is 93.1 Å². The van der Waals surface area contributed by atoms with Gasteiger partial charge in [-0.15, -0.1) is 0 Å². The Morgan fingerprint density at radius 3 is 2.64 bits per heavy atom. The van der Waals surface area contributed by atoms with E-state index in [-0.39, 0.29) is 0 Å². The average molecular weight is 194 g/mol. The quantitative estimate of drug-likeness (QED) is 0.534. The van der Waals surface area contributed by atoms with Crippen molar-refractivity contribution in [2.75, 3.05) is 42.5 Å². The van der Waals surface area contributed by atoms with Crippen LogP contribution in [0.15, 0.2) is 6.20 Å². The van der Waals surface area contributed by atoms with E-state index in [9.17, 15) is 0 Å². The molecule has 1 saturated heterocycles. The fraction of sp³-hybridized carbons (Fsp3) is 0.500. The number of hydrogen-bond donors (Lipinski definition) is 3. The first-order valence-corrected chi connectivity index (χ1v) is 4.61. The minimum absolute atomic E-state index is 0.355. The highest BCUT2D eigenvalue weighted by Gasteiger charge is 2.13. The summed E-state index contributed by atoms with van der Waals surface area (Å²) in [5, 5.41) is 3.26. The van der Waals surface area contributed by atoms with Gasteiger partial charge in [0, 0.05) is 26.2 Å². The molecule has 14 heavy (non-hydrogen) atoms. The molecule has 0 spiro atoms. The van der Waals surface area contributed by atoms with Gasteiger partial charge < -0.3 is 21.7 Å². The van der Waals surface area contributed by atoms with Gasteiger partial charge in [0.15, 0.2) is 5.82 Å². The number of aromatic nitrogens is 2.